The number of carbonyl (C=O) groups excluding carboxylic acids is 7. The van der Waals surface area contributed by atoms with E-state index in [1.807, 2.05) is 48.5 Å². The molecule has 15 atom stereocenters. The standard InChI is InChI=1S/C58H73N7O17/c1-5-6-7-24-82-40-22-18-35(19-23-40)33-10-8-32(9-11-33)34-12-14-37(15-13-34)51(74)59-41-26-43(70)54(77)63-56(79)47-48(71)29(2)27-65(47)58(81)45(31(4)67)61-55(78)46(50(73)49(72)36-16-20-38(68)21-17-36)62-53(76)42-25-39(69)28-64(42)57(80)44(30(3)66)60-52(41)75/h8-23,29-31,39,41-50,54,66-73,77H,5-7,24-28H2,1-4H3,(H,59,74)(H,60,75)(H,61,78)(H,62,76)(H,63,79). The van der Waals surface area contributed by atoms with Gasteiger partial charge in [0.05, 0.1) is 31.0 Å². The summed E-state index contributed by atoms with van der Waals surface area (Å²) >= 11 is 0. The van der Waals surface area contributed by atoms with E-state index in [0.717, 1.165) is 77.5 Å². The first-order valence-corrected chi connectivity index (χ1v) is 27.3. The van der Waals surface area contributed by atoms with Crippen LogP contribution in [0.3, 0.4) is 0 Å². The van der Waals surface area contributed by atoms with Crippen LogP contribution in [-0.4, -0.2) is 196 Å². The molecule has 7 amide bonds. The van der Waals surface area contributed by atoms with Gasteiger partial charge in [0.1, 0.15) is 66.1 Å². The van der Waals surface area contributed by atoms with Gasteiger partial charge in [0.25, 0.3) is 5.91 Å². The minimum atomic E-state index is -2.29. The van der Waals surface area contributed by atoms with E-state index in [1.54, 1.807) is 12.1 Å². The molecule has 3 saturated heterocycles. The molecule has 7 rings (SSSR count). The predicted octanol–water partition coefficient (Wildman–Crippen LogP) is -0.927. The van der Waals surface area contributed by atoms with Crippen molar-refractivity contribution in [1.82, 2.24) is 36.4 Å². The summed E-state index contributed by atoms with van der Waals surface area (Å²) in [6.45, 7) is 5.47. The highest BCUT2D eigenvalue weighted by Gasteiger charge is 2.50. The van der Waals surface area contributed by atoms with Crippen LogP contribution in [0.2, 0.25) is 0 Å². The lowest BCUT2D eigenvalue weighted by atomic mass is 9.96. The molecule has 0 radical (unpaired) electrons. The molecule has 442 valence electrons. The number of benzene rings is 4. The van der Waals surface area contributed by atoms with Crippen LogP contribution in [0, 0.1) is 5.92 Å². The van der Waals surface area contributed by atoms with Crippen molar-refractivity contribution in [3.63, 3.8) is 0 Å². The van der Waals surface area contributed by atoms with Gasteiger partial charge in [0.2, 0.25) is 35.4 Å². The number of aromatic hydroxyl groups is 1. The van der Waals surface area contributed by atoms with Crippen molar-refractivity contribution in [3.05, 3.63) is 108 Å². The maximum absolute atomic E-state index is 14.5. The summed E-state index contributed by atoms with van der Waals surface area (Å²) in [5, 5.41) is 111. The second-order valence-electron chi connectivity index (χ2n) is 21.3. The monoisotopic (exact) mass is 1140 g/mol. The van der Waals surface area contributed by atoms with Crippen LogP contribution in [0.1, 0.15) is 81.8 Å². The second kappa shape index (κ2) is 27.5. The third-order valence-corrected chi connectivity index (χ3v) is 15.0. The number of phenols is 1. The summed E-state index contributed by atoms with van der Waals surface area (Å²) in [5.74, 6) is -8.67. The highest BCUT2D eigenvalue weighted by Crippen LogP contribution is 2.30. The number of aliphatic hydroxyl groups excluding tert-OH is 8. The summed E-state index contributed by atoms with van der Waals surface area (Å²) < 4.78 is 5.84. The topological polar surface area (TPSA) is 377 Å². The molecule has 3 fully saturated rings. The molecule has 0 bridgehead atoms. The molecule has 24 nitrogen and oxygen atoms in total. The predicted molar refractivity (Wildman–Crippen MR) is 293 cm³/mol. The first-order chi connectivity index (χ1) is 39.0. The summed E-state index contributed by atoms with van der Waals surface area (Å²) in [6, 6.07) is 14.7. The highest BCUT2D eigenvalue weighted by atomic mass is 16.5. The first-order valence-electron chi connectivity index (χ1n) is 27.3. The van der Waals surface area contributed by atoms with E-state index in [-0.39, 0.29) is 23.4 Å². The molecular formula is C58H73N7O17. The van der Waals surface area contributed by atoms with Gasteiger partial charge < -0.3 is 87.1 Å². The molecule has 0 spiro atoms. The van der Waals surface area contributed by atoms with Gasteiger partial charge in [0.15, 0.2) is 6.23 Å². The molecular weight excluding hydrogens is 1070 g/mol. The van der Waals surface area contributed by atoms with E-state index in [1.165, 1.54) is 31.2 Å². The Kier molecular flexibility index (Phi) is 20.8. The average molecular weight is 1140 g/mol. The third kappa shape index (κ3) is 14.7. The quantitative estimate of drug-likeness (QED) is 0.0679. The van der Waals surface area contributed by atoms with Crippen molar-refractivity contribution < 1.29 is 84.3 Å². The minimum absolute atomic E-state index is 0.00973. The lowest BCUT2D eigenvalue weighted by molar-refractivity contribution is -0.148. The van der Waals surface area contributed by atoms with Crippen LogP contribution in [0.5, 0.6) is 11.5 Å². The minimum Gasteiger partial charge on any atom is -0.508 e. The number of rotatable bonds is 14. The molecule has 3 aliphatic heterocycles. The lowest BCUT2D eigenvalue weighted by Crippen LogP contribution is -2.64. The van der Waals surface area contributed by atoms with Gasteiger partial charge in [-0.05, 0) is 84.5 Å². The fourth-order valence-electron chi connectivity index (χ4n) is 10.2. The molecule has 82 heavy (non-hydrogen) atoms. The van der Waals surface area contributed by atoms with Crippen molar-refractivity contribution in [2.45, 2.75) is 145 Å². The van der Waals surface area contributed by atoms with Crippen LogP contribution >= 0.6 is 0 Å². The van der Waals surface area contributed by atoms with Gasteiger partial charge in [0, 0.05) is 37.4 Å². The molecule has 3 aliphatic rings. The van der Waals surface area contributed by atoms with E-state index < -0.39 is 152 Å². The number of hydrogen-bond acceptors (Lipinski definition) is 17. The van der Waals surface area contributed by atoms with E-state index in [2.05, 4.69) is 33.5 Å². The third-order valence-electron chi connectivity index (χ3n) is 15.0. The molecule has 0 aliphatic carbocycles. The van der Waals surface area contributed by atoms with Crippen LogP contribution in [0.15, 0.2) is 97.1 Å². The second-order valence-corrected chi connectivity index (χ2v) is 21.3. The van der Waals surface area contributed by atoms with Crippen molar-refractivity contribution in [3.8, 4) is 33.8 Å². The molecule has 14 N–H and O–H groups in total. The van der Waals surface area contributed by atoms with Gasteiger partial charge in [-0.15, -0.1) is 0 Å². The Bertz CT molecular complexity index is 2880. The molecule has 0 saturated carbocycles. The van der Waals surface area contributed by atoms with Crippen molar-refractivity contribution in [1.29, 1.82) is 0 Å². The first kappa shape index (κ1) is 62.1. The van der Waals surface area contributed by atoms with Crippen LogP contribution in [0.4, 0.5) is 0 Å². The number of nitrogens with zero attached hydrogens (tertiary/aromatic N) is 2. The largest absolute Gasteiger partial charge is 0.508 e. The number of fused-ring (bicyclic) bond motifs is 2. The molecule has 24 heteroatoms. The Morgan fingerprint density at radius 2 is 1.16 bits per heavy atom. The summed E-state index contributed by atoms with van der Waals surface area (Å²) in [4.78, 5) is 102. The molecule has 15 unspecified atom stereocenters. The number of aliphatic hydroxyl groups is 8. The number of nitrogens with one attached hydrogen (secondary N) is 5. The van der Waals surface area contributed by atoms with E-state index >= 15 is 0 Å². The average Bonchev–Trinajstić information content (AvgIpc) is 4.06. The van der Waals surface area contributed by atoms with Crippen LogP contribution in [-0.2, 0) is 28.8 Å². The Hall–Kier alpha value is -7.55. The molecule has 4 aromatic rings. The molecule has 4 aromatic carbocycles. The number of hydrogen-bond donors (Lipinski definition) is 14. The maximum atomic E-state index is 14.5. The Balaban J connectivity index is 1.18. The zero-order valence-electron chi connectivity index (χ0n) is 45.7. The fraction of sp³-hybridized carbons (Fsp3) is 0.466. The van der Waals surface area contributed by atoms with Crippen molar-refractivity contribution in [2.75, 3.05) is 19.7 Å². The van der Waals surface area contributed by atoms with Gasteiger partial charge in [-0.1, -0.05) is 87.4 Å². The highest BCUT2D eigenvalue weighted by molar-refractivity contribution is 6.00. The number of ether oxygens (including phenoxy) is 1. The summed E-state index contributed by atoms with van der Waals surface area (Å²) in [5.41, 5.74) is 3.37. The van der Waals surface area contributed by atoms with Gasteiger partial charge >= 0.3 is 0 Å². The summed E-state index contributed by atoms with van der Waals surface area (Å²) in [6.07, 6.45) is -13.6. The fourth-order valence-corrected chi connectivity index (χ4v) is 10.2. The Labute approximate surface area is 473 Å². The lowest BCUT2D eigenvalue weighted by Gasteiger charge is -2.34. The van der Waals surface area contributed by atoms with Crippen LogP contribution < -0.4 is 31.3 Å². The van der Waals surface area contributed by atoms with Gasteiger partial charge in [-0.25, -0.2) is 0 Å². The van der Waals surface area contributed by atoms with E-state index in [4.69, 9.17) is 4.74 Å². The number of phenolic OH excluding ortho intramolecular Hbond substituents is 1. The number of amides is 7. The van der Waals surface area contributed by atoms with E-state index in [9.17, 15) is 79.5 Å². The summed E-state index contributed by atoms with van der Waals surface area (Å²) in [7, 11) is 0. The van der Waals surface area contributed by atoms with Gasteiger partial charge in [-0.2, -0.15) is 0 Å². The van der Waals surface area contributed by atoms with E-state index in [0.29, 0.717) is 12.2 Å². The molecule has 0 aromatic heterocycles. The van der Waals surface area contributed by atoms with Gasteiger partial charge in [-0.3, -0.25) is 33.6 Å². The zero-order chi connectivity index (χ0) is 59.7. The zero-order valence-corrected chi connectivity index (χ0v) is 45.7. The number of carbonyl (C=O) groups is 7. The Morgan fingerprint density at radius 1 is 0.634 bits per heavy atom. The van der Waals surface area contributed by atoms with Crippen LogP contribution in [0.25, 0.3) is 22.3 Å². The normalized spacial score (nSPS) is 27.5. The van der Waals surface area contributed by atoms with Crippen molar-refractivity contribution in [2.24, 2.45) is 5.92 Å². The smallest absolute Gasteiger partial charge is 0.251 e. The SMILES string of the molecule is CCCCCOc1ccc(-c2ccc(-c3ccc(C(=O)NC4CC(O)C(O)NC(=O)C5C(O)C(C)CN5C(=O)C(C(C)O)NC(=O)C(C(O)C(O)c5ccc(O)cc5)NC(=O)C5CC(O)CN5C(=O)C(C(C)O)NC4=O)cc3)cc2)cc1. The van der Waals surface area contributed by atoms with Crippen molar-refractivity contribution >= 4 is 41.4 Å². The molecule has 3 heterocycles. The Morgan fingerprint density at radius 3 is 1.72 bits per heavy atom. The maximum Gasteiger partial charge on any atom is 0.251 e. The number of unbranched alkanes of at least 4 members (excludes halogenated alkanes) is 2.